The molecule has 2 heterocycles. The molecule has 0 aliphatic carbocycles. The summed E-state index contributed by atoms with van der Waals surface area (Å²) in [5, 5.41) is 0. The molecule has 2 bridgehead atoms. The van der Waals surface area contributed by atoms with Crippen molar-refractivity contribution in [2.24, 2.45) is 0 Å². The van der Waals surface area contributed by atoms with Gasteiger partial charge in [-0.05, 0) is 54.7 Å². The van der Waals surface area contributed by atoms with Crippen LogP contribution >= 0.6 is 15.9 Å². The molecule has 1 unspecified atom stereocenters. The topological polar surface area (TPSA) is 20.3 Å². The first-order chi connectivity index (χ1) is 10.2. The number of nitrogens with zero attached hydrogens (tertiary/aromatic N) is 1. The first-order valence-corrected chi connectivity index (χ1v) is 8.19. The van der Waals surface area contributed by atoms with E-state index in [0.717, 1.165) is 29.3 Å². The van der Waals surface area contributed by atoms with Crippen LogP contribution in [0, 0.1) is 0 Å². The highest BCUT2D eigenvalue weighted by Gasteiger charge is 2.42. The zero-order chi connectivity index (χ0) is 14.4. The Morgan fingerprint density at radius 1 is 1.10 bits per heavy atom. The second kappa shape index (κ2) is 4.99. The van der Waals surface area contributed by atoms with Gasteiger partial charge >= 0.3 is 0 Å². The monoisotopic (exact) mass is 341 g/mol. The standard InChI is InChI=1S/C18H16BrNO/c19-14-7-6-13-10-15-8-9-17(16(13)11-14)20(15)18(21)12-4-2-1-3-5-12/h1-7,11,15,17H,8-10H2/t15-,17?/m1/s1. The number of carbonyl (C=O) groups excluding carboxylic acids is 1. The molecular weight excluding hydrogens is 326 g/mol. The summed E-state index contributed by atoms with van der Waals surface area (Å²) >= 11 is 3.56. The minimum atomic E-state index is 0.175. The van der Waals surface area contributed by atoms with E-state index >= 15 is 0 Å². The van der Waals surface area contributed by atoms with Gasteiger partial charge in [0.2, 0.25) is 0 Å². The second-order valence-electron chi connectivity index (χ2n) is 5.87. The van der Waals surface area contributed by atoms with Crippen LogP contribution < -0.4 is 0 Å². The van der Waals surface area contributed by atoms with Gasteiger partial charge in [0, 0.05) is 16.1 Å². The Bertz CT molecular complexity index is 698. The van der Waals surface area contributed by atoms with Crippen LogP contribution in [0.5, 0.6) is 0 Å². The van der Waals surface area contributed by atoms with Crippen molar-refractivity contribution in [1.82, 2.24) is 4.90 Å². The number of benzene rings is 2. The van der Waals surface area contributed by atoms with E-state index in [1.165, 1.54) is 11.1 Å². The summed E-state index contributed by atoms with van der Waals surface area (Å²) in [6.45, 7) is 0. The Balaban J connectivity index is 1.74. The van der Waals surface area contributed by atoms with Crippen LogP contribution in [-0.2, 0) is 6.42 Å². The highest BCUT2D eigenvalue weighted by atomic mass is 79.9. The number of fused-ring (bicyclic) bond motifs is 4. The zero-order valence-electron chi connectivity index (χ0n) is 11.6. The lowest BCUT2D eigenvalue weighted by atomic mass is 9.92. The van der Waals surface area contributed by atoms with Crippen LogP contribution in [0.3, 0.4) is 0 Å². The second-order valence-corrected chi connectivity index (χ2v) is 6.79. The Hall–Kier alpha value is -1.61. The maximum Gasteiger partial charge on any atom is 0.254 e. The normalized spacial score (nSPS) is 23.0. The predicted octanol–water partition coefficient (Wildman–Crippen LogP) is 4.35. The minimum absolute atomic E-state index is 0.175. The summed E-state index contributed by atoms with van der Waals surface area (Å²) in [6, 6.07) is 16.7. The van der Waals surface area contributed by atoms with Crippen LogP contribution in [-0.4, -0.2) is 16.8 Å². The molecule has 1 amide bonds. The largest absolute Gasteiger partial charge is 0.328 e. The van der Waals surface area contributed by atoms with Crippen molar-refractivity contribution in [3.63, 3.8) is 0 Å². The summed E-state index contributed by atoms with van der Waals surface area (Å²) in [5.74, 6) is 0.175. The summed E-state index contributed by atoms with van der Waals surface area (Å²) in [4.78, 5) is 15.0. The smallest absolute Gasteiger partial charge is 0.254 e. The third kappa shape index (κ3) is 2.11. The van der Waals surface area contributed by atoms with Gasteiger partial charge in [-0.25, -0.2) is 0 Å². The molecule has 3 heteroatoms. The third-order valence-electron chi connectivity index (χ3n) is 4.68. The summed E-state index contributed by atoms with van der Waals surface area (Å²) in [5.41, 5.74) is 3.53. The zero-order valence-corrected chi connectivity index (χ0v) is 13.2. The Labute approximate surface area is 132 Å². The van der Waals surface area contributed by atoms with Crippen LogP contribution in [0.2, 0.25) is 0 Å². The quantitative estimate of drug-likeness (QED) is 0.754. The lowest BCUT2D eigenvalue weighted by Crippen LogP contribution is -2.41. The van der Waals surface area contributed by atoms with Gasteiger partial charge in [-0.15, -0.1) is 0 Å². The van der Waals surface area contributed by atoms with Crippen molar-refractivity contribution >= 4 is 21.8 Å². The summed E-state index contributed by atoms with van der Waals surface area (Å²) < 4.78 is 1.10. The number of halogens is 1. The molecule has 2 aliphatic heterocycles. The molecule has 2 nitrogen and oxygen atoms in total. The van der Waals surface area contributed by atoms with Crippen molar-refractivity contribution in [1.29, 1.82) is 0 Å². The van der Waals surface area contributed by atoms with Gasteiger partial charge in [0.25, 0.3) is 5.91 Å². The first kappa shape index (κ1) is 13.1. The average molecular weight is 342 g/mol. The molecule has 0 saturated carbocycles. The van der Waals surface area contributed by atoms with Gasteiger partial charge in [0.15, 0.2) is 0 Å². The van der Waals surface area contributed by atoms with E-state index in [2.05, 4.69) is 39.0 Å². The highest BCUT2D eigenvalue weighted by Crippen LogP contribution is 2.45. The Morgan fingerprint density at radius 3 is 2.71 bits per heavy atom. The van der Waals surface area contributed by atoms with Crippen molar-refractivity contribution in [3.8, 4) is 0 Å². The van der Waals surface area contributed by atoms with Gasteiger partial charge in [-0.2, -0.15) is 0 Å². The number of hydrogen-bond donors (Lipinski definition) is 0. The van der Waals surface area contributed by atoms with Gasteiger partial charge < -0.3 is 4.90 Å². The average Bonchev–Trinajstić information content (AvgIpc) is 2.84. The molecule has 0 spiro atoms. The molecule has 2 aliphatic rings. The third-order valence-corrected chi connectivity index (χ3v) is 5.17. The maximum absolute atomic E-state index is 12.9. The van der Waals surface area contributed by atoms with Gasteiger partial charge in [-0.1, -0.05) is 40.2 Å². The molecule has 2 atom stereocenters. The summed E-state index contributed by atoms with van der Waals surface area (Å²) in [6.07, 6.45) is 3.17. The van der Waals surface area contributed by atoms with E-state index in [9.17, 15) is 4.79 Å². The molecule has 0 aromatic heterocycles. The van der Waals surface area contributed by atoms with Gasteiger partial charge in [0.1, 0.15) is 0 Å². The summed E-state index contributed by atoms with van der Waals surface area (Å²) in [7, 11) is 0. The Kier molecular flexibility index (Phi) is 3.11. The van der Waals surface area contributed by atoms with E-state index < -0.39 is 0 Å². The minimum Gasteiger partial charge on any atom is -0.328 e. The van der Waals surface area contributed by atoms with E-state index in [1.54, 1.807) is 0 Å². The molecule has 1 fully saturated rings. The Morgan fingerprint density at radius 2 is 1.90 bits per heavy atom. The van der Waals surface area contributed by atoms with Crippen LogP contribution in [0.25, 0.3) is 0 Å². The van der Waals surface area contributed by atoms with Crippen LogP contribution in [0.15, 0.2) is 53.0 Å². The lowest BCUT2D eigenvalue weighted by Gasteiger charge is -2.36. The van der Waals surface area contributed by atoms with Gasteiger partial charge in [-0.3, -0.25) is 4.79 Å². The number of rotatable bonds is 1. The van der Waals surface area contributed by atoms with Crippen molar-refractivity contribution in [2.75, 3.05) is 0 Å². The molecule has 4 rings (SSSR count). The van der Waals surface area contributed by atoms with E-state index in [4.69, 9.17) is 0 Å². The molecule has 106 valence electrons. The highest BCUT2D eigenvalue weighted by molar-refractivity contribution is 9.10. The molecular formula is C18H16BrNO. The SMILES string of the molecule is O=C(c1ccccc1)N1C2CC[C@@H]1Cc1ccc(Br)cc12. The fourth-order valence-corrected chi connectivity index (χ4v) is 4.12. The molecule has 0 radical (unpaired) electrons. The van der Waals surface area contributed by atoms with Crippen molar-refractivity contribution in [3.05, 3.63) is 69.7 Å². The van der Waals surface area contributed by atoms with Gasteiger partial charge in [0.05, 0.1) is 6.04 Å². The molecule has 0 N–H and O–H groups in total. The fraction of sp³-hybridized carbons (Fsp3) is 0.278. The maximum atomic E-state index is 12.9. The van der Waals surface area contributed by atoms with Crippen LogP contribution in [0.4, 0.5) is 0 Å². The van der Waals surface area contributed by atoms with E-state index in [-0.39, 0.29) is 11.9 Å². The number of carbonyl (C=O) groups is 1. The molecule has 2 aromatic carbocycles. The number of amides is 1. The van der Waals surface area contributed by atoms with E-state index in [0.29, 0.717) is 6.04 Å². The van der Waals surface area contributed by atoms with Crippen molar-refractivity contribution < 1.29 is 4.79 Å². The predicted molar refractivity (Wildman–Crippen MR) is 86.2 cm³/mol. The fourth-order valence-electron chi connectivity index (χ4n) is 3.74. The molecule has 2 aromatic rings. The van der Waals surface area contributed by atoms with E-state index in [1.807, 2.05) is 30.3 Å². The first-order valence-electron chi connectivity index (χ1n) is 7.40. The molecule has 1 saturated heterocycles. The number of hydrogen-bond acceptors (Lipinski definition) is 1. The van der Waals surface area contributed by atoms with Crippen molar-refractivity contribution in [2.45, 2.75) is 31.3 Å². The van der Waals surface area contributed by atoms with Crippen LogP contribution in [0.1, 0.15) is 40.4 Å². The molecule has 21 heavy (non-hydrogen) atoms. The lowest BCUT2D eigenvalue weighted by molar-refractivity contribution is 0.0646.